The summed E-state index contributed by atoms with van der Waals surface area (Å²) in [5.74, 6) is 1.32. The summed E-state index contributed by atoms with van der Waals surface area (Å²) in [5.41, 5.74) is 1.90. The summed E-state index contributed by atoms with van der Waals surface area (Å²) in [5, 5.41) is 3.36. The van der Waals surface area contributed by atoms with Gasteiger partial charge >= 0.3 is 0 Å². The minimum absolute atomic E-state index is 0.210. The smallest absolute Gasteiger partial charge is 0.193 e. The van der Waals surface area contributed by atoms with E-state index in [4.69, 9.17) is 9.47 Å². The molecule has 0 aromatic heterocycles. The molecule has 2 aliphatic rings. The maximum atomic E-state index is 13.8. The van der Waals surface area contributed by atoms with Gasteiger partial charge in [-0.25, -0.2) is 4.39 Å². The van der Waals surface area contributed by atoms with E-state index in [1.807, 2.05) is 0 Å². The average Bonchev–Trinajstić information content (AvgIpc) is 2.98. The van der Waals surface area contributed by atoms with Crippen molar-refractivity contribution in [2.45, 2.75) is 39.8 Å². The zero-order valence-corrected chi connectivity index (χ0v) is 14.7. The molecule has 0 bridgehead atoms. The minimum atomic E-state index is -0.269. The SMILES string of the molecule is CCC1(C)CCN(C(=NC)NCc2cc(F)cc3c2OCOC3)C1. The minimum Gasteiger partial charge on any atom is -0.467 e. The molecule has 0 aliphatic carbocycles. The number of nitrogens with one attached hydrogen (secondary N) is 1. The molecule has 1 unspecified atom stereocenters. The molecule has 2 aliphatic heterocycles. The Kier molecular flexibility index (Phi) is 4.94. The first-order chi connectivity index (χ1) is 11.5. The molecule has 0 radical (unpaired) electrons. The van der Waals surface area contributed by atoms with Gasteiger partial charge in [0.1, 0.15) is 11.6 Å². The molecule has 1 aromatic rings. The normalized spacial score (nSPS) is 23.8. The molecule has 2 heterocycles. The average molecular weight is 335 g/mol. The predicted molar refractivity (Wildman–Crippen MR) is 91.5 cm³/mol. The lowest BCUT2D eigenvalue weighted by atomic mass is 9.87. The van der Waals surface area contributed by atoms with Gasteiger partial charge in [-0.15, -0.1) is 0 Å². The van der Waals surface area contributed by atoms with Crippen LogP contribution in [0.25, 0.3) is 0 Å². The zero-order chi connectivity index (χ0) is 17.2. The summed E-state index contributed by atoms with van der Waals surface area (Å²) >= 11 is 0. The molecule has 1 atom stereocenters. The summed E-state index contributed by atoms with van der Waals surface area (Å²) in [4.78, 5) is 6.67. The van der Waals surface area contributed by atoms with Crippen LogP contribution >= 0.6 is 0 Å². The second-order valence-electron chi connectivity index (χ2n) is 6.90. The second kappa shape index (κ2) is 6.97. The van der Waals surface area contributed by atoms with E-state index in [9.17, 15) is 4.39 Å². The summed E-state index contributed by atoms with van der Waals surface area (Å²) in [6.07, 6.45) is 2.33. The highest BCUT2D eigenvalue weighted by atomic mass is 19.1. The molecule has 5 nitrogen and oxygen atoms in total. The first-order valence-electron chi connectivity index (χ1n) is 8.52. The first kappa shape index (κ1) is 17.0. The lowest BCUT2D eigenvalue weighted by Crippen LogP contribution is -2.40. The van der Waals surface area contributed by atoms with Crippen molar-refractivity contribution in [1.82, 2.24) is 10.2 Å². The van der Waals surface area contributed by atoms with Gasteiger partial charge in [0.25, 0.3) is 0 Å². The van der Waals surface area contributed by atoms with Crippen molar-refractivity contribution >= 4 is 5.96 Å². The van der Waals surface area contributed by atoms with Crippen LogP contribution in [-0.4, -0.2) is 37.8 Å². The fourth-order valence-corrected chi connectivity index (χ4v) is 3.39. The van der Waals surface area contributed by atoms with E-state index in [0.717, 1.165) is 42.3 Å². The standard InChI is InChI=1S/C18H26FN3O2/c1-4-18(2)5-6-22(11-18)17(20-3)21-9-13-7-15(19)8-14-10-23-12-24-16(13)14/h7-8H,4-6,9-12H2,1-3H3,(H,20,21). The Hall–Kier alpha value is -1.82. The Morgan fingerprint density at radius 2 is 2.29 bits per heavy atom. The highest BCUT2D eigenvalue weighted by Gasteiger charge is 2.33. The fourth-order valence-electron chi connectivity index (χ4n) is 3.39. The van der Waals surface area contributed by atoms with Gasteiger partial charge in [-0.2, -0.15) is 0 Å². The van der Waals surface area contributed by atoms with E-state index in [1.165, 1.54) is 18.6 Å². The van der Waals surface area contributed by atoms with Crippen LogP contribution in [0.1, 0.15) is 37.8 Å². The Morgan fingerprint density at radius 3 is 3.00 bits per heavy atom. The Labute approximate surface area is 142 Å². The highest BCUT2D eigenvalue weighted by molar-refractivity contribution is 5.80. The van der Waals surface area contributed by atoms with E-state index in [2.05, 4.69) is 29.1 Å². The Bertz CT molecular complexity index is 635. The molecule has 0 amide bonds. The number of nitrogens with zero attached hydrogens (tertiary/aromatic N) is 2. The van der Waals surface area contributed by atoms with Crippen molar-refractivity contribution in [3.05, 3.63) is 29.1 Å². The van der Waals surface area contributed by atoms with Crippen LogP contribution in [0.3, 0.4) is 0 Å². The molecule has 1 aromatic carbocycles. The summed E-state index contributed by atoms with van der Waals surface area (Å²) in [6.45, 7) is 7.61. The van der Waals surface area contributed by atoms with Gasteiger partial charge in [-0.3, -0.25) is 4.99 Å². The molecule has 3 rings (SSSR count). The molecule has 132 valence electrons. The second-order valence-corrected chi connectivity index (χ2v) is 6.90. The summed E-state index contributed by atoms with van der Waals surface area (Å²) < 4.78 is 24.6. The van der Waals surface area contributed by atoms with Crippen molar-refractivity contribution in [2.75, 3.05) is 26.9 Å². The molecular weight excluding hydrogens is 309 g/mol. The lowest BCUT2D eigenvalue weighted by Gasteiger charge is -2.26. The first-order valence-corrected chi connectivity index (χ1v) is 8.52. The molecule has 1 N–H and O–H groups in total. The summed E-state index contributed by atoms with van der Waals surface area (Å²) in [7, 11) is 1.79. The third-order valence-corrected chi connectivity index (χ3v) is 5.11. The van der Waals surface area contributed by atoms with Crippen molar-refractivity contribution in [1.29, 1.82) is 0 Å². The quantitative estimate of drug-likeness (QED) is 0.681. The number of guanidine groups is 1. The molecule has 0 saturated carbocycles. The monoisotopic (exact) mass is 335 g/mol. The van der Waals surface area contributed by atoms with E-state index in [1.54, 1.807) is 7.05 Å². The van der Waals surface area contributed by atoms with Gasteiger partial charge in [-0.1, -0.05) is 13.8 Å². The number of fused-ring (bicyclic) bond motifs is 1. The number of halogens is 1. The lowest BCUT2D eigenvalue weighted by molar-refractivity contribution is -0.0173. The van der Waals surface area contributed by atoms with Crippen LogP contribution in [0.5, 0.6) is 5.75 Å². The third-order valence-electron chi connectivity index (χ3n) is 5.11. The number of likely N-dealkylation sites (tertiary alicyclic amines) is 1. The van der Waals surface area contributed by atoms with Crippen LogP contribution in [0, 0.1) is 11.2 Å². The van der Waals surface area contributed by atoms with Crippen molar-refractivity contribution in [3.63, 3.8) is 0 Å². The maximum absolute atomic E-state index is 13.8. The van der Waals surface area contributed by atoms with Crippen LogP contribution in [0.15, 0.2) is 17.1 Å². The van der Waals surface area contributed by atoms with E-state index in [-0.39, 0.29) is 12.6 Å². The summed E-state index contributed by atoms with van der Waals surface area (Å²) in [6, 6.07) is 2.99. The van der Waals surface area contributed by atoms with Gasteiger partial charge in [-0.05, 0) is 30.4 Å². The number of rotatable bonds is 3. The van der Waals surface area contributed by atoms with Gasteiger partial charge < -0.3 is 19.7 Å². The topological polar surface area (TPSA) is 46.1 Å². The van der Waals surface area contributed by atoms with Crippen LogP contribution < -0.4 is 10.1 Å². The number of benzene rings is 1. The van der Waals surface area contributed by atoms with Crippen LogP contribution in [0.4, 0.5) is 4.39 Å². The van der Waals surface area contributed by atoms with Crippen LogP contribution in [-0.2, 0) is 17.9 Å². The third kappa shape index (κ3) is 3.48. The van der Waals surface area contributed by atoms with Crippen molar-refractivity contribution in [2.24, 2.45) is 10.4 Å². The predicted octanol–water partition coefficient (Wildman–Crippen LogP) is 2.89. The molecule has 1 saturated heterocycles. The van der Waals surface area contributed by atoms with Gasteiger partial charge in [0.15, 0.2) is 12.8 Å². The van der Waals surface area contributed by atoms with Gasteiger partial charge in [0.05, 0.1) is 6.61 Å². The Balaban J connectivity index is 1.70. The largest absolute Gasteiger partial charge is 0.467 e. The number of hydrogen-bond donors (Lipinski definition) is 1. The van der Waals surface area contributed by atoms with E-state index < -0.39 is 0 Å². The van der Waals surface area contributed by atoms with Gasteiger partial charge in [0.2, 0.25) is 0 Å². The van der Waals surface area contributed by atoms with Crippen LogP contribution in [0.2, 0.25) is 0 Å². The molecule has 6 heteroatoms. The van der Waals surface area contributed by atoms with Crippen molar-refractivity contribution in [3.8, 4) is 5.75 Å². The number of ether oxygens (including phenoxy) is 2. The van der Waals surface area contributed by atoms with Crippen molar-refractivity contribution < 1.29 is 13.9 Å². The van der Waals surface area contributed by atoms with E-state index >= 15 is 0 Å². The molecule has 1 fully saturated rings. The Morgan fingerprint density at radius 1 is 1.46 bits per heavy atom. The molecule has 24 heavy (non-hydrogen) atoms. The number of aliphatic imine (C=N–C) groups is 1. The molecule has 0 spiro atoms. The molecular formula is C18H26FN3O2. The highest BCUT2D eigenvalue weighted by Crippen LogP contribution is 2.33. The van der Waals surface area contributed by atoms with Gasteiger partial charge in [0, 0.05) is 37.8 Å². The number of hydrogen-bond acceptors (Lipinski definition) is 3. The van der Waals surface area contributed by atoms with E-state index in [0.29, 0.717) is 18.6 Å². The fraction of sp³-hybridized carbons (Fsp3) is 0.611. The maximum Gasteiger partial charge on any atom is 0.193 e. The zero-order valence-electron chi connectivity index (χ0n) is 14.7.